The molecule has 0 amide bonds. The van der Waals surface area contributed by atoms with Crippen molar-refractivity contribution >= 4 is 28.7 Å². The van der Waals surface area contributed by atoms with E-state index < -0.39 is 0 Å². The molecule has 0 aliphatic rings. The fourth-order valence-corrected chi connectivity index (χ4v) is 4.93. The summed E-state index contributed by atoms with van der Waals surface area (Å²) in [7, 11) is 1.61. The number of fused-ring (bicyclic) bond motifs is 1. The second-order valence-corrected chi connectivity index (χ2v) is 11.7. The third-order valence-corrected chi connectivity index (χ3v) is 6.53. The summed E-state index contributed by atoms with van der Waals surface area (Å²) in [6.07, 6.45) is 3.02. The van der Waals surface area contributed by atoms with Gasteiger partial charge in [-0.2, -0.15) is 0 Å². The molecule has 0 radical (unpaired) electrons. The van der Waals surface area contributed by atoms with Crippen molar-refractivity contribution in [3.63, 3.8) is 0 Å². The van der Waals surface area contributed by atoms with Gasteiger partial charge in [-0.05, 0) is 59.1 Å². The summed E-state index contributed by atoms with van der Waals surface area (Å²) in [5.74, 6) is 0.578. The molecule has 2 aromatic heterocycles. The van der Waals surface area contributed by atoms with E-state index in [2.05, 4.69) is 48.5 Å². The van der Waals surface area contributed by atoms with Gasteiger partial charge >= 0.3 is 0 Å². The molecular formula is C29H36ClNO3. The number of benzene rings is 1. The molecular weight excluding hydrogens is 446 g/mol. The number of hydrogen-bond acceptors (Lipinski definition) is 3. The summed E-state index contributed by atoms with van der Waals surface area (Å²) in [4.78, 5) is 27.9. The van der Waals surface area contributed by atoms with Gasteiger partial charge in [-0.3, -0.25) is 9.59 Å². The number of halogens is 1. The van der Waals surface area contributed by atoms with Crippen LogP contribution in [0, 0.1) is 10.8 Å². The maximum atomic E-state index is 14.0. The second kappa shape index (κ2) is 9.58. The highest BCUT2D eigenvalue weighted by Crippen LogP contribution is 2.44. The molecule has 0 aliphatic heterocycles. The summed E-state index contributed by atoms with van der Waals surface area (Å²) in [5, 5.41) is 0.573. The highest BCUT2D eigenvalue weighted by molar-refractivity contribution is 6.30. The first kappa shape index (κ1) is 26.0. The maximum absolute atomic E-state index is 14.0. The number of hydrogen-bond donors (Lipinski definition) is 0. The minimum Gasteiger partial charge on any atom is -0.497 e. The second-order valence-electron chi connectivity index (χ2n) is 11.3. The molecule has 1 atom stereocenters. The van der Waals surface area contributed by atoms with Crippen LogP contribution in [0.5, 0.6) is 5.75 Å². The van der Waals surface area contributed by atoms with Crippen LogP contribution in [-0.2, 0) is 0 Å². The zero-order chi connectivity index (χ0) is 25.4. The highest BCUT2D eigenvalue weighted by Gasteiger charge is 2.37. The first-order chi connectivity index (χ1) is 15.8. The lowest BCUT2D eigenvalue weighted by atomic mass is 9.72. The fraction of sp³-hybridized carbons (Fsp3) is 0.448. The van der Waals surface area contributed by atoms with Crippen LogP contribution in [0.3, 0.4) is 0 Å². The van der Waals surface area contributed by atoms with E-state index >= 15 is 0 Å². The van der Waals surface area contributed by atoms with E-state index in [-0.39, 0.29) is 28.3 Å². The molecule has 0 aliphatic carbocycles. The molecule has 0 N–H and O–H groups in total. The van der Waals surface area contributed by atoms with Crippen molar-refractivity contribution in [2.24, 2.45) is 10.8 Å². The van der Waals surface area contributed by atoms with E-state index in [0.29, 0.717) is 39.5 Å². The predicted molar refractivity (Wildman–Crippen MR) is 140 cm³/mol. The van der Waals surface area contributed by atoms with Crippen molar-refractivity contribution in [3.8, 4) is 5.75 Å². The van der Waals surface area contributed by atoms with Gasteiger partial charge in [0.15, 0.2) is 5.78 Å². The van der Waals surface area contributed by atoms with E-state index in [9.17, 15) is 9.59 Å². The molecule has 34 heavy (non-hydrogen) atoms. The Bertz CT molecular complexity index is 1210. The number of carbonyl (C=O) groups is 2. The zero-order valence-electron chi connectivity index (χ0n) is 21.6. The van der Waals surface area contributed by atoms with E-state index in [1.807, 2.05) is 22.7 Å². The average molecular weight is 482 g/mol. The Morgan fingerprint density at radius 1 is 1.03 bits per heavy atom. The number of pyridine rings is 1. The van der Waals surface area contributed by atoms with Gasteiger partial charge in [0.2, 0.25) is 5.78 Å². The Morgan fingerprint density at radius 3 is 2.15 bits per heavy atom. The Labute approximate surface area is 208 Å². The molecule has 5 heteroatoms. The number of aromatic nitrogens is 1. The van der Waals surface area contributed by atoms with Crippen molar-refractivity contribution in [2.45, 2.75) is 67.2 Å². The van der Waals surface area contributed by atoms with Crippen LogP contribution >= 0.6 is 11.6 Å². The fourth-order valence-electron chi connectivity index (χ4n) is 4.80. The maximum Gasteiger partial charge on any atom is 0.210 e. The quantitative estimate of drug-likeness (QED) is 0.321. The molecule has 0 saturated carbocycles. The number of rotatable bonds is 7. The molecule has 1 aromatic carbocycles. The van der Waals surface area contributed by atoms with Gasteiger partial charge in [0.25, 0.3) is 0 Å². The average Bonchev–Trinajstić information content (AvgIpc) is 3.05. The molecule has 182 valence electrons. The Hall–Kier alpha value is -2.59. The van der Waals surface area contributed by atoms with Crippen molar-refractivity contribution in [3.05, 3.63) is 70.0 Å². The number of methoxy groups -OCH3 is 1. The summed E-state index contributed by atoms with van der Waals surface area (Å²) in [6, 6.07) is 10.6. The Morgan fingerprint density at radius 2 is 1.65 bits per heavy atom. The smallest absolute Gasteiger partial charge is 0.210 e. The lowest BCUT2D eigenvalue weighted by molar-refractivity contribution is 0.0939. The van der Waals surface area contributed by atoms with Gasteiger partial charge in [0.1, 0.15) is 5.75 Å². The van der Waals surface area contributed by atoms with Crippen LogP contribution in [0.25, 0.3) is 5.52 Å². The van der Waals surface area contributed by atoms with Gasteiger partial charge in [-0.25, -0.2) is 0 Å². The van der Waals surface area contributed by atoms with Gasteiger partial charge in [-0.1, -0.05) is 60.1 Å². The third kappa shape index (κ3) is 5.22. The molecule has 4 nitrogen and oxygen atoms in total. The molecule has 0 fully saturated rings. The number of ether oxygens (including phenoxy) is 1. The van der Waals surface area contributed by atoms with Crippen LogP contribution in [0.1, 0.15) is 99.2 Å². The summed E-state index contributed by atoms with van der Waals surface area (Å²) >= 11 is 6.09. The molecule has 0 saturated heterocycles. The summed E-state index contributed by atoms with van der Waals surface area (Å²) in [6.45, 7) is 14.8. The molecule has 1 unspecified atom stereocenters. The van der Waals surface area contributed by atoms with Gasteiger partial charge in [-0.15, -0.1) is 0 Å². The molecule has 3 aromatic rings. The first-order valence-corrected chi connectivity index (χ1v) is 12.2. The molecule has 2 heterocycles. The molecule has 3 rings (SSSR count). The van der Waals surface area contributed by atoms with Gasteiger partial charge < -0.3 is 9.14 Å². The van der Waals surface area contributed by atoms with Crippen molar-refractivity contribution in [1.82, 2.24) is 4.40 Å². The van der Waals surface area contributed by atoms with Crippen LogP contribution < -0.4 is 4.74 Å². The monoisotopic (exact) mass is 481 g/mol. The van der Waals surface area contributed by atoms with Crippen LogP contribution in [0.15, 0.2) is 42.6 Å². The largest absolute Gasteiger partial charge is 0.497 e. The lowest BCUT2D eigenvalue weighted by Crippen LogP contribution is -2.23. The predicted octanol–water partition coefficient (Wildman–Crippen LogP) is 7.99. The van der Waals surface area contributed by atoms with Gasteiger partial charge in [0, 0.05) is 34.8 Å². The van der Waals surface area contributed by atoms with Gasteiger partial charge in [0.05, 0.1) is 18.3 Å². The third-order valence-electron chi connectivity index (χ3n) is 6.28. The zero-order valence-corrected chi connectivity index (χ0v) is 22.3. The van der Waals surface area contributed by atoms with E-state index in [1.165, 1.54) is 0 Å². The first-order valence-electron chi connectivity index (χ1n) is 11.8. The summed E-state index contributed by atoms with van der Waals surface area (Å²) in [5.41, 5.74) is 2.91. The van der Waals surface area contributed by atoms with Crippen molar-refractivity contribution in [1.29, 1.82) is 0 Å². The lowest BCUT2D eigenvalue weighted by Gasteiger charge is -2.31. The van der Waals surface area contributed by atoms with Crippen LogP contribution in [0.2, 0.25) is 5.02 Å². The Kier molecular flexibility index (Phi) is 7.33. The number of ketones is 2. The standard InChI is InChI=1S/C29H36ClNO3/c1-9-21(29(5,6)7)24-25(23(32)17-28(2,3)4)22-16-20(34-8)14-15-31(22)26(24)27(33)18-10-12-19(30)13-11-18/h10-16,21H,9,17H2,1-8H3. The molecule has 0 bridgehead atoms. The van der Waals surface area contributed by atoms with Crippen LogP contribution in [0.4, 0.5) is 0 Å². The van der Waals surface area contributed by atoms with Crippen molar-refractivity contribution in [2.75, 3.05) is 7.11 Å². The number of Topliss-reactive ketones (excluding diaryl/α,β-unsaturated/α-hetero) is 1. The van der Waals surface area contributed by atoms with E-state index in [1.54, 1.807) is 31.4 Å². The number of nitrogens with zero attached hydrogens (tertiary/aromatic N) is 1. The number of carbonyl (C=O) groups excluding carboxylic acids is 2. The van der Waals surface area contributed by atoms with Crippen molar-refractivity contribution < 1.29 is 14.3 Å². The minimum atomic E-state index is -0.189. The van der Waals surface area contributed by atoms with Crippen LogP contribution in [-0.4, -0.2) is 23.1 Å². The normalized spacial score (nSPS) is 13.2. The topological polar surface area (TPSA) is 47.8 Å². The highest BCUT2D eigenvalue weighted by atomic mass is 35.5. The molecule has 0 spiro atoms. The van der Waals surface area contributed by atoms with E-state index in [0.717, 1.165) is 12.0 Å². The SMILES string of the molecule is CCC(c1c(C(=O)CC(C)(C)C)c2cc(OC)ccn2c1C(=O)c1ccc(Cl)cc1)C(C)(C)C. The minimum absolute atomic E-state index is 0.00330. The van der Waals surface area contributed by atoms with E-state index in [4.69, 9.17) is 16.3 Å². The Balaban J connectivity index is 2.45. The summed E-state index contributed by atoms with van der Waals surface area (Å²) < 4.78 is 7.37.